The quantitative estimate of drug-likeness (QED) is 0.717. The second-order valence-electron chi connectivity index (χ2n) is 6.39. The molecule has 1 aromatic rings. The minimum Gasteiger partial charge on any atom is -0.383 e. The van der Waals surface area contributed by atoms with Crippen molar-refractivity contribution in [3.8, 4) is 0 Å². The molecule has 1 unspecified atom stereocenters. The van der Waals surface area contributed by atoms with E-state index < -0.39 is 0 Å². The normalized spacial score (nSPS) is 13.4. The van der Waals surface area contributed by atoms with Gasteiger partial charge >= 0.3 is 0 Å². The summed E-state index contributed by atoms with van der Waals surface area (Å²) in [5.41, 5.74) is 3.01. The predicted octanol–water partition coefficient (Wildman–Crippen LogP) is 2.70. The molecule has 0 heterocycles. The third-order valence-corrected chi connectivity index (χ3v) is 3.40. The molecule has 0 radical (unpaired) electrons. The summed E-state index contributed by atoms with van der Waals surface area (Å²) < 4.78 is 5.02. The summed E-state index contributed by atoms with van der Waals surface area (Å²) in [5, 5.41) is 6.96. The Bertz CT molecular complexity index is 385. The summed E-state index contributed by atoms with van der Waals surface area (Å²) in [7, 11) is 1.73. The summed E-state index contributed by atoms with van der Waals surface area (Å²) >= 11 is 0. The van der Waals surface area contributed by atoms with Crippen molar-refractivity contribution in [1.82, 2.24) is 10.6 Å². The molecule has 0 spiro atoms. The molecule has 0 fully saturated rings. The van der Waals surface area contributed by atoms with Crippen LogP contribution in [0.5, 0.6) is 0 Å². The molecule has 0 aromatic heterocycles. The first-order valence-corrected chi connectivity index (χ1v) is 7.46. The van der Waals surface area contributed by atoms with Gasteiger partial charge in [-0.1, -0.05) is 45.0 Å². The highest BCUT2D eigenvalue weighted by atomic mass is 16.5. The van der Waals surface area contributed by atoms with Crippen LogP contribution in [-0.2, 0) is 16.7 Å². The molecule has 3 nitrogen and oxygen atoms in total. The fourth-order valence-corrected chi connectivity index (χ4v) is 2.26. The molecule has 0 aliphatic rings. The van der Waals surface area contributed by atoms with Gasteiger partial charge in [0, 0.05) is 32.8 Å². The molecule has 0 aliphatic heterocycles. The summed E-state index contributed by atoms with van der Waals surface area (Å²) in [6.07, 6.45) is 0. The Morgan fingerprint density at radius 2 is 1.90 bits per heavy atom. The van der Waals surface area contributed by atoms with Crippen molar-refractivity contribution >= 4 is 0 Å². The van der Waals surface area contributed by atoms with Crippen LogP contribution >= 0.6 is 0 Å². The molecule has 3 heteroatoms. The van der Waals surface area contributed by atoms with Gasteiger partial charge in [-0.2, -0.15) is 0 Å². The minimum atomic E-state index is 0.193. The van der Waals surface area contributed by atoms with E-state index in [0.29, 0.717) is 6.04 Å². The van der Waals surface area contributed by atoms with Crippen molar-refractivity contribution in [3.05, 3.63) is 35.4 Å². The molecular weight excluding hydrogens is 248 g/mol. The van der Waals surface area contributed by atoms with Crippen LogP contribution in [0.15, 0.2) is 24.3 Å². The highest BCUT2D eigenvalue weighted by Gasteiger charge is 2.17. The van der Waals surface area contributed by atoms with Crippen LogP contribution in [0.3, 0.4) is 0 Å². The predicted molar refractivity (Wildman–Crippen MR) is 86.2 cm³/mol. The lowest BCUT2D eigenvalue weighted by atomic mass is 9.84. The van der Waals surface area contributed by atoms with Crippen molar-refractivity contribution in [3.63, 3.8) is 0 Å². The van der Waals surface area contributed by atoms with E-state index >= 15 is 0 Å². The van der Waals surface area contributed by atoms with Crippen LogP contribution in [-0.4, -0.2) is 32.8 Å². The number of hydrogen-bond donors (Lipinski definition) is 2. The average Bonchev–Trinajstić information content (AvgIpc) is 2.40. The molecule has 0 aliphatic carbocycles. The van der Waals surface area contributed by atoms with E-state index in [9.17, 15) is 0 Å². The van der Waals surface area contributed by atoms with E-state index in [2.05, 4.69) is 62.6 Å². The SMILES string of the molecule is COCCNCC(C)NCc1ccccc1C(C)(C)C. The number of benzene rings is 1. The van der Waals surface area contributed by atoms with Crippen molar-refractivity contribution < 1.29 is 4.74 Å². The number of hydrogen-bond acceptors (Lipinski definition) is 3. The third kappa shape index (κ3) is 6.04. The van der Waals surface area contributed by atoms with Crippen LogP contribution < -0.4 is 10.6 Å². The Morgan fingerprint density at radius 3 is 2.55 bits per heavy atom. The van der Waals surface area contributed by atoms with Gasteiger partial charge in [0.25, 0.3) is 0 Å². The molecule has 0 saturated carbocycles. The van der Waals surface area contributed by atoms with Gasteiger partial charge in [-0.15, -0.1) is 0 Å². The first-order valence-electron chi connectivity index (χ1n) is 7.46. The average molecular weight is 278 g/mol. The largest absolute Gasteiger partial charge is 0.383 e. The number of nitrogens with one attached hydrogen (secondary N) is 2. The standard InChI is InChI=1S/C17H30N2O/c1-14(12-18-10-11-20-5)19-13-15-8-6-7-9-16(15)17(2,3)4/h6-9,14,18-19H,10-13H2,1-5H3. The third-order valence-electron chi connectivity index (χ3n) is 3.40. The van der Waals surface area contributed by atoms with Gasteiger partial charge in [-0.25, -0.2) is 0 Å². The highest BCUT2D eigenvalue weighted by molar-refractivity contribution is 5.32. The van der Waals surface area contributed by atoms with Crippen LogP contribution in [0.2, 0.25) is 0 Å². The summed E-state index contributed by atoms with van der Waals surface area (Å²) in [6.45, 7) is 12.5. The topological polar surface area (TPSA) is 33.3 Å². The minimum absolute atomic E-state index is 0.193. The van der Waals surface area contributed by atoms with Crippen LogP contribution in [0.4, 0.5) is 0 Å². The Labute approximate surface area is 124 Å². The fourth-order valence-electron chi connectivity index (χ4n) is 2.26. The molecule has 0 amide bonds. The van der Waals surface area contributed by atoms with Gasteiger partial charge in [-0.3, -0.25) is 0 Å². The molecule has 1 rings (SSSR count). The van der Waals surface area contributed by atoms with Crippen LogP contribution in [0.25, 0.3) is 0 Å². The van der Waals surface area contributed by atoms with E-state index in [1.165, 1.54) is 11.1 Å². The van der Waals surface area contributed by atoms with Crippen molar-refractivity contribution in [1.29, 1.82) is 0 Å². The van der Waals surface area contributed by atoms with Crippen molar-refractivity contribution in [2.45, 2.75) is 45.7 Å². The Hall–Kier alpha value is -0.900. The fraction of sp³-hybridized carbons (Fsp3) is 0.647. The first-order chi connectivity index (χ1) is 9.45. The number of rotatable bonds is 8. The molecule has 1 atom stereocenters. The lowest BCUT2D eigenvalue weighted by Gasteiger charge is -2.24. The number of ether oxygens (including phenoxy) is 1. The van der Waals surface area contributed by atoms with E-state index in [1.54, 1.807) is 7.11 Å². The second-order valence-corrected chi connectivity index (χ2v) is 6.39. The Balaban J connectivity index is 2.45. The van der Waals surface area contributed by atoms with Gasteiger partial charge in [0.1, 0.15) is 0 Å². The zero-order valence-corrected chi connectivity index (χ0v) is 13.6. The van der Waals surface area contributed by atoms with Crippen molar-refractivity contribution in [2.24, 2.45) is 0 Å². The Morgan fingerprint density at radius 1 is 1.20 bits per heavy atom. The molecule has 0 saturated heterocycles. The summed E-state index contributed by atoms with van der Waals surface area (Å²) in [6, 6.07) is 9.14. The van der Waals surface area contributed by atoms with E-state index in [-0.39, 0.29) is 5.41 Å². The zero-order chi connectivity index (χ0) is 15.0. The smallest absolute Gasteiger partial charge is 0.0587 e. The summed E-state index contributed by atoms with van der Waals surface area (Å²) in [5.74, 6) is 0. The maximum absolute atomic E-state index is 5.02. The number of methoxy groups -OCH3 is 1. The zero-order valence-electron chi connectivity index (χ0n) is 13.6. The molecule has 20 heavy (non-hydrogen) atoms. The molecule has 114 valence electrons. The molecule has 2 N–H and O–H groups in total. The molecular formula is C17H30N2O. The van der Waals surface area contributed by atoms with E-state index in [1.807, 2.05) is 0 Å². The van der Waals surface area contributed by atoms with Gasteiger partial charge in [-0.05, 0) is 23.5 Å². The lowest BCUT2D eigenvalue weighted by molar-refractivity contribution is 0.198. The van der Waals surface area contributed by atoms with E-state index in [4.69, 9.17) is 4.74 Å². The van der Waals surface area contributed by atoms with Crippen LogP contribution in [0, 0.1) is 0 Å². The van der Waals surface area contributed by atoms with Gasteiger partial charge < -0.3 is 15.4 Å². The van der Waals surface area contributed by atoms with Gasteiger partial charge in [0.15, 0.2) is 0 Å². The maximum atomic E-state index is 5.02. The highest BCUT2D eigenvalue weighted by Crippen LogP contribution is 2.25. The van der Waals surface area contributed by atoms with Crippen LogP contribution in [0.1, 0.15) is 38.8 Å². The molecule has 0 bridgehead atoms. The van der Waals surface area contributed by atoms with E-state index in [0.717, 1.165) is 26.2 Å². The lowest BCUT2D eigenvalue weighted by Crippen LogP contribution is -2.37. The molecule has 1 aromatic carbocycles. The first kappa shape index (κ1) is 17.2. The maximum Gasteiger partial charge on any atom is 0.0587 e. The Kier molecular flexibility index (Phi) is 7.20. The van der Waals surface area contributed by atoms with Gasteiger partial charge in [0.05, 0.1) is 6.61 Å². The van der Waals surface area contributed by atoms with Gasteiger partial charge in [0.2, 0.25) is 0 Å². The second kappa shape index (κ2) is 8.40. The summed E-state index contributed by atoms with van der Waals surface area (Å²) in [4.78, 5) is 0. The van der Waals surface area contributed by atoms with Crippen molar-refractivity contribution in [2.75, 3.05) is 26.8 Å². The monoisotopic (exact) mass is 278 g/mol.